The van der Waals surface area contributed by atoms with Gasteiger partial charge in [0, 0.05) is 25.3 Å². The zero-order valence-electron chi connectivity index (χ0n) is 13.4. The predicted molar refractivity (Wildman–Crippen MR) is 85.8 cm³/mol. The third-order valence-corrected chi connectivity index (χ3v) is 2.80. The summed E-state index contributed by atoms with van der Waals surface area (Å²) in [7, 11) is 4.60. The van der Waals surface area contributed by atoms with Crippen molar-refractivity contribution in [2.75, 3.05) is 39.7 Å². The topological polar surface area (TPSA) is 81.2 Å². The molecule has 0 saturated heterocycles. The molecule has 7 heteroatoms. The monoisotopic (exact) mass is 309 g/mol. The number of hydrogen-bond acceptors (Lipinski definition) is 5. The Morgan fingerprint density at radius 3 is 2.64 bits per heavy atom. The van der Waals surface area contributed by atoms with Gasteiger partial charge >= 0.3 is 5.97 Å². The number of methoxy groups -OCH3 is 2. The van der Waals surface area contributed by atoms with Crippen molar-refractivity contribution in [2.45, 2.75) is 13.3 Å². The number of hydrogen-bond donors (Lipinski definition) is 2. The molecule has 0 atom stereocenters. The molecule has 0 aromatic heterocycles. The number of rotatable bonds is 7. The van der Waals surface area contributed by atoms with Crippen LogP contribution in [-0.2, 0) is 9.53 Å². The summed E-state index contributed by atoms with van der Waals surface area (Å²) < 4.78 is 15.3. The standard InChI is InChI=1S/C15H23N3O4/c1-5-22-12-7-6-11(10-13(12)20-3)18-15(16-2)17-9-8-14(19)21-4/h6-7,10H,5,8-9H2,1-4H3,(H2,16,17,18). The molecule has 22 heavy (non-hydrogen) atoms. The van der Waals surface area contributed by atoms with Gasteiger partial charge in [-0.3, -0.25) is 9.79 Å². The van der Waals surface area contributed by atoms with Crippen molar-refractivity contribution < 1.29 is 19.0 Å². The van der Waals surface area contributed by atoms with Gasteiger partial charge in [0.1, 0.15) is 0 Å². The molecule has 1 rings (SSSR count). The minimum atomic E-state index is -0.273. The minimum Gasteiger partial charge on any atom is -0.493 e. The van der Waals surface area contributed by atoms with Crippen LogP contribution in [0, 0.1) is 0 Å². The van der Waals surface area contributed by atoms with Crippen molar-refractivity contribution in [2.24, 2.45) is 4.99 Å². The summed E-state index contributed by atoms with van der Waals surface area (Å²) in [4.78, 5) is 15.2. The lowest BCUT2D eigenvalue weighted by Crippen LogP contribution is -2.32. The summed E-state index contributed by atoms with van der Waals surface area (Å²) in [5, 5.41) is 6.14. The van der Waals surface area contributed by atoms with Gasteiger partial charge in [0.25, 0.3) is 0 Å². The lowest BCUT2D eigenvalue weighted by Gasteiger charge is -2.14. The number of ether oxygens (including phenoxy) is 3. The molecule has 0 spiro atoms. The Morgan fingerprint density at radius 1 is 1.27 bits per heavy atom. The highest BCUT2D eigenvalue weighted by Gasteiger charge is 2.07. The summed E-state index contributed by atoms with van der Waals surface area (Å²) in [6.45, 7) is 2.92. The number of aliphatic imine (C=N–C) groups is 1. The van der Waals surface area contributed by atoms with Gasteiger partial charge in [0.15, 0.2) is 17.5 Å². The van der Waals surface area contributed by atoms with Crippen LogP contribution in [0.2, 0.25) is 0 Å². The van der Waals surface area contributed by atoms with Crippen molar-refractivity contribution in [3.05, 3.63) is 18.2 Å². The Labute approximate surface area is 130 Å². The van der Waals surface area contributed by atoms with Gasteiger partial charge in [-0.25, -0.2) is 0 Å². The molecule has 0 heterocycles. The van der Waals surface area contributed by atoms with E-state index in [9.17, 15) is 4.79 Å². The average Bonchev–Trinajstić information content (AvgIpc) is 2.55. The van der Waals surface area contributed by atoms with Crippen LogP contribution in [0.3, 0.4) is 0 Å². The predicted octanol–water partition coefficient (Wildman–Crippen LogP) is 1.64. The number of nitrogens with one attached hydrogen (secondary N) is 2. The van der Waals surface area contributed by atoms with Gasteiger partial charge in [-0.2, -0.15) is 0 Å². The first-order valence-electron chi connectivity index (χ1n) is 6.99. The zero-order valence-corrected chi connectivity index (χ0v) is 13.4. The molecule has 2 N–H and O–H groups in total. The molecule has 122 valence electrons. The van der Waals surface area contributed by atoms with E-state index >= 15 is 0 Å². The molecule has 0 unspecified atom stereocenters. The van der Waals surface area contributed by atoms with Crippen molar-refractivity contribution in [1.82, 2.24) is 5.32 Å². The number of esters is 1. The number of anilines is 1. The number of carbonyl (C=O) groups excluding carboxylic acids is 1. The first-order chi connectivity index (χ1) is 10.6. The fourth-order valence-corrected chi connectivity index (χ4v) is 1.72. The van der Waals surface area contributed by atoms with E-state index < -0.39 is 0 Å². The highest BCUT2D eigenvalue weighted by molar-refractivity contribution is 5.94. The second-order valence-corrected chi connectivity index (χ2v) is 4.25. The molecule has 0 aliphatic rings. The Hall–Kier alpha value is -2.44. The largest absolute Gasteiger partial charge is 0.493 e. The van der Waals surface area contributed by atoms with Gasteiger partial charge < -0.3 is 24.8 Å². The summed E-state index contributed by atoms with van der Waals surface area (Å²) in [5.41, 5.74) is 0.798. The Kier molecular flexibility index (Phi) is 7.60. The van der Waals surface area contributed by atoms with Crippen LogP contribution in [0.25, 0.3) is 0 Å². The second-order valence-electron chi connectivity index (χ2n) is 4.25. The molecule has 1 aromatic carbocycles. The van der Waals surface area contributed by atoms with E-state index in [0.717, 1.165) is 5.69 Å². The fourth-order valence-electron chi connectivity index (χ4n) is 1.72. The Balaban J connectivity index is 2.65. The molecule has 0 bridgehead atoms. The maximum Gasteiger partial charge on any atom is 0.307 e. The van der Waals surface area contributed by atoms with E-state index in [2.05, 4.69) is 20.4 Å². The molecule has 0 radical (unpaired) electrons. The number of nitrogens with zero attached hydrogens (tertiary/aromatic N) is 1. The molecule has 0 saturated carbocycles. The number of guanidine groups is 1. The highest BCUT2D eigenvalue weighted by Crippen LogP contribution is 2.30. The Morgan fingerprint density at radius 2 is 2.05 bits per heavy atom. The van der Waals surface area contributed by atoms with Crippen LogP contribution in [0.1, 0.15) is 13.3 Å². The quantitative estimate of drug-likeness (QED) is 0.453. The molecule has 0 fully saturated rings. The molecule has 0 aliphatic heterocycles. The van der Waals surface area contributed by atoms with Crippen LogP contribution in [-0.4, -0.2) is 46.3 Å². The van der Waals surface area contributed by atoms with Crippen molar-refractivity contribution in [3.63, 3.8) is 0 Å². The fraction of sp³-hybridized carbons (Fsp3) is 0.467. The van der Waals surface area contributed by atoms with Crippen LogP contribution in [0.4, 0.5) is 5.69 Å². The normalized spacial score (nSPS) is 10.8. The van der Waals surface area contributed by atoms with E-state index in [-0.39, 0.29) is 12.4 Å². The minimum absolute atomic E-state index is 0.268. The third kappa shape index (κ3) is 5.51. The lowest BCUT2D eigenvalue weighted by atomic mass is 10.2. The maximum absolute atomic E-state index is 11.1. The first kappa shape index (κ1) is 17.6. The van der Waals surface area contributed by atoms with Crippen LogP contribution in [0.5, 0.6) is 11.5 Å². The number of benzene rings is 1. The summed E-state index contributed by atoms with van der Waals surface area (Å²) in [5.74, 6) is 1.60. The molecular formula is C15H23N3O4. The van der Waals surface area contributed by atoms with E-state index in [0.29, 0.717) is 30.6 Å². The van der Waals surface area contributed by atoms with Crippen LogP contribution in [0.15, 0.2) is 23.2 Å². The van der Waals surface area contributed by atoms with Crippen LogP contribution < -0.4 is 20.1 Å². The van der Waals surface area contributed by atoms with E-state index in [1.807, 2.05) is 25.1 Å². The SMILES string of the molecule is CCOc1ccc(NC(=NC)NCCC(=O)OC)cc1OC. The maximum atomic E-state index is 11.1. The van der Waals surface area contributed by atoms with Crippen molar-refractivity contribution in [1.29, 1.82) is 0 Å². The molecular weight excluding hydrogens is 286 g/mol. The van der Waals surface area contributed by atoms with Gasteiger partial charge in [-0.15, -0.1) is 0 Å². The van der Waals surface area contributed by atoms with E-state index in [1.165, 1.54) is 7.11 Å². The summed E-state index contributed by atoms with van der Waals surface area (Å²) >= 11 is 0. The zero-order chi connectivity index (χ0) is 16.4. The van der Waals surface area contributed by atoms with Crippen molar-refractivity contribution >= 4 is 17.6 Å². The van der Waals surface area contributed by atoms with Gasteiger partial charge in [0.05, 0.1) is 27.2 Å². The van der Waals surface area contributed by atoms with Crippen molar-refractivity contribution in [3.8, 4) is 11.5 Å². The Bertz CT molecular complexity index is 518. The molecule has 7 nitrogen and oxygen atoms in total. The van der Waals surface area contributed by atoms with Crippen LogP contribution >= 0.6 is 0 Å². The van der Waals surface area contributed by atoms with Gasteiger partial charge in [0.2, 0.25) is 0 Å². The average molecular weight is 309 g/mol. The second kappa shape index (κ2) is 9.49. The smallest absolute Gasteiger partial charge is 0.307 e. The molecule has 0 aliphatic carbocycles. The molecule has 0 amide bonds. The molecule has 1 aromatic rings. The van der Waals surface area contributed by atoms with E-state index in [1.54, 1.807) is 14.2 Å². The summed E-state index contributed by atoms with van der Waals surface area (Å²) in [6, 6.07) is 5.51. The third-order valence-electron chi connectivity index (χ3n) is 2.80. The summed E-state index contributed by atoms with van der Waals surface area (Å²) in [6.07, 6.45) is 0.268. The van der Waals surface area contributed by atoms with Gasteiger partial charge in [-0.1, -0.05) is 0 Å². The van der Waals surface area contributed by atoms with E-state index in [4.69, 9.17) is 9.47 Å². The lowest BCUT2D eigenvalue weighted by molar-refractivity contribution is -0.140. The first-order valence-corrected chi connectivity index (χ1v) is 6.99. The van der Waals surface area contributed by atoms with Gasteiger partial charge in [-0.05, 0) is 19.1 Å². The highest BCUT2D eigenvalue weighted by atomic mass is 16.5. The number of carbonyl (C=O) groups is 1.